The average Bonchev–Trinajstić information content (AvgIpc) is 2.67. The van der Waals surface area contributed by atoms with Gasteiger partial charge in [-0.15, -0.1) is 0 Å². The quantitative estimate of drug-likeness (QED) is 0.763. The van der Waals surface area contributed by atoms with Crippen LogP contribution in [0.5, 0.6) is 11.5 Å². The first-order chi connectivity index (χ1) is 12.9. The summed E-state index contributed by atoms with van der Waals surface area (Å²) < 4.78 is 10.4. The van der Waals surface area contributed by atoms with Gasteiger partial charge in [0.1, 0.15) is 0 Å². The predicted octanol–water partition coefficient (Wildman–Crippen LogP) is 3.12. The third-order valence-electron chi connectivity index (χ3n) is 3.92. The van der Waals surface area contributed by atoms with Crippen molar-refractivity contribution >= 4 is 23.6 Å². The van der Waals surface area contributed by atoms with Gasteiger partial charge in [0.05, 0.1) is 20.8 Å². The molecule has 0 heterocycles. The zero-order valence-electron chi connectivity index (χ0n) is 16.0. The van der Waals surface area contributed by atoms with E-state index in [-0.39, 0.29) is 18.4 Å². The van der Waals surface area contributed by atoms with Gasteiger partial charge in [0.2, 0.25) is 11.8 Å². The van der Waals surface area contributed by atoms with Gasteiger partial charge in [-0.25, -0.2) is 0 Å². The van der Waals surface area contributed by atoms with Crippen LogP contribution in [0.15, 0.2) is 48.5 Å². The lowest BCUT2D eigenvalue weighted by molar-refractivity contribution is -0.129. The van der Waals surface area contributed by atoms with Crippen molar-refractivity contribution in [1.82, 2.24) is 4.90 Å². The number of nitrogens with one attached hydrogen (secondary N) is 1. The van der Waals surface area contributed by atoms with Gasteiger partial charge in [-0.05, 0) is 42.8 Å². The summed E-state index contributed by atoms with van der Waals surface area (Å²) in [6.45, 7) is 1.94. The molecule has 0 spiro atoms. The van der Waals surface area contributed by atoms with Crippen molar-refractivity contribution in [1.29, 1.82) is 0 Å². The van der Waals surface area contributed by atoms with Crippen LogP contribution in [0, 0.1) is 6.92 Å². The zero-order chi connectivity index (χ0) is 19.8. The van der Waals surface area contributed by atoms with E-state index in [1.165, 1.54) is 11.0 Å². The van der Waals surface area contributed by atoms with Gasteiger partial charge in [-0.1, -0.05) is 23.8 Å². The summed E-state index contributed by atoms with van der Waals surface area (Å²) in [5, 5.41) is 2.77. The number of rotatable bonds is 7. The summed E-state index contributed by atoms with van der Waals surface area (Å²) in [7, 11) is 4.69. The minimum Gasteiger partial charge on any atom is -0.493 e. The molecule has 6 nitrogen and oxygen atoms in total. The van der Waals surface area contributed by atoms with Gasteiger partial charge in [0.25, 0.3) is 0 Å². The van der Waals surface area contributed by atoms with Gasteiger partial charge >= 0.3 is 0 Å². The number of aryl methyl sites for hydroxylation is 1. The predicted molar refractivity (Wildman–Crippen MR) is 106 cm³/mol. The highest BCUT2D eigenvalue weighted by atomic mass is 16.5. The smallest absolute Gasteiger partial charge is 0.246 e. The highest BCUT2D eigenvalue weighted by molar-refractivity contribution is 5.97. The Morgan fingerprint density at radius 3 is 2.33 bits per heavy atom. The van der Waals surface area contributed by atoms with E-state index in [2.05, 4.69) is 5.32 Å². The van der Waals surface area contributed by atoms with E-state index in [0.717, 1.165) is 11.1 Å². The van der Waals surface area contributed by atoms with E-state index in [0.29, 0.717) is 17.2 Å². The maximum Gasteiger partial charge on any atom is 0.246 e. The summed E-state index contributed by atoms with van der Waals surface area (Å²) in [4.78, 5) is 25.7. The van der Waals surface area contributed by atoms with Crippen molar-refractivity contribution in [3.63, 3.8) is 0 Å². The number of ether oxygens (including phenoxy) is 2. The summed E-state index contributed by atoms with van der Waals surface area (Å²) in [6.07, 6.45) is 3.08. The third-order valence-corrected chi connectivity index (χ3v) is 3.92. The molecule has 0 aliphatic heterocycles. The lowest BCUT2D eigenvalue weighted by atomic mass is 10.2. The second kappa shape index (κ2) is 9.43. The highest BCUT2D eigenvalue weighted by Gasteiger charge is 2.11. The molecule has 1 N–H and O–H groups in total. The average molecular weight is 368 g/mol. The Balaban J connectivity index is 1.93. The van der Waals surface area contributed by atoms with Crippen LogP contribution in [0.1, 0.15) is 11.1 Å². The lowest BCUT2D eigenvalue weighted by Gasteiger charge is -2.15. The molecule has 0 atom stereocenters. The first kappa shape index (κ1) is 20.0. The molecule has 0 bridgehead atoms. The summed E-state index contributed by atoms with van der Waals surface area (Å²) in [5.74, 6) is 0.668. The van der Waals surface area contributed by atoms with Crippen LogP contribution in [-0.4, -0.2) is 44.5 Å². The van der Waals surface area contributed by atoms with Crippen molar-refractivity contribution in [2.75, 3.05) is 33.1 Å². The Bertz CT molecular complexity index is 829. The molecule has 0 unspecified atom stereocenters. The summed E-state index contributed by atoms with van der Waals surface area (Å²) >= 11 is 0. The molecule has 0 saturated carbocycles. The number of anilines is 1. The van der Waals surface area contributed by atoms with Gasteiger partial charge < -0.3 is 19.7 Å². The summed E-state index contributed by atoms with van der Waals surface area (Å²) in [5.41, 5.74) is 2.60. The molecule has 2 aromatic carbocycles. The second-order valence-corrected chi connectivity index (χ2v) is 6.06. The normalized spacial score (nSPS) is 10.5. The molecule has 142 valence electrons. The minimum absolute atomic E-state index is 0.0387. The Labute approximate surface area is 159 Å². The molecule has 0 aliphatic carbocycles. The van der Waals surface area contributed by atoms with Crippen molar-refractivity contribution in [3.05, 3.63) is 59.7 Å². The Hall–Kier alpha value is -3.28. The standard InChI is InChI=1S/C21H24N2O4/c1-15-5-9-17(10-6-15)22-20(24)14-23(2)21(25)12-8-16-7-11-18(26-3)19(13-16)27-4/h5-13H,14H2,1-4H3,(H,22,24). The molecule has 2 rings (SSSR count). The largest absolute Gasteiger partial charge is 0.493 e. The molecular weight excluding hydrogens is 344 g/mol. The van der Waals surface area contributed by atoms with Crippen LogP contribution >= 0.6 is 0 Å². The molecule has 0 radical (unpaired) electrons. The third kappa shape index (κ3) is 5.88. The van der Waals surface area contributed by atoms with Crippen molar-refractivity contribution < 1.29 is 19.1 Å². The topological polar surface area (TPSA) is 67.9 Å². The maximum absolute atomic E-state index is 12.2. The zero-order valence-corrected chi connectivity index (χ0v) is 16.0. The fourth-order valence-corrected chi connectivity index (χ4v) is 2.38. The maximum atomic E-state index is 12.2. The van der Waals surface area contributed by atoms with Crippen molar-refractivity contribution in [3.8, 4) is 11.5 Å². The second-order valence-electron chi connectivity index (χ2n) is 6.06. The molecule has 2 amide bonds. The number of methoxy groups -OCH3 is 2. The summed E-state index contributed by atoms with van der Waals surface area (Å²) in [6, 6.07) is 12.8. The number of benzene rings is 2. The minimum atomic E-state index is -0.274. The van der Waals surface area contributed by atoms with E-state index in [4.69, 9.17) is 9.47 Å². The van der Waals surface area contributed by atoms with Gasteiger partial charge in [0.15, 0.2) is 11.5 Å². The number of amides is 2. The van der Waals surface area contributed by atoms with Crippen molar-refractivity contribution in [2.45, 2.75) is 6.92 Å². The molecule has 0 aromatic heterocycles. The molecule has 27 heavy (non-hydrogen) atoms. The van der Waals surface area contributed by atoms with E-state index in [1.807, 2.05) is 37.3 Å². The van der Waals surface area contributed by atoms with Crippen LogP contribution in [0.4, 0.5) is 5.69 Å². The van der Waals surface area contributed by atoms with Crippen molar-refractivity contribution in [2.24, 2.45) is 0 Å². The lowest BCUT2D eigenvalue weighted by Crippen LogP contribution is -2.33. The fourth-order valence-electron chi connectivity index (χ4n) is 2.38. The van der Waals surface area contributed by atoms with Crippen LogP contribution in [0.3, 0.4) is 0 Å². The Morgan fingerprint density at radius 2 is 1.70 bits per heavy atom. The highest BCUT2D eigenvalue weighted by Crippen LogP contribution is 2.27. The van der Waals surface area contributed by atoms with Crippen LogP contribution in [-0.2, 0) is 9.59 Å². The first-order valence-electron chi connectivity index (χ1n) is 8.44. The number of likely N-dealkylation sites (N-methyl/N-ethyl adjacent to an activating group) is 1. The van der Waals surface area contributed by atoms with Gasteiger partial charge in [-0.3, -0.25) is 9.59 Å². The monoisotopic (exact) mass is 368 g/mol. The molecule has 0 saturated heterocycles. The SMILES string of the molecule is COc1ccc(C=CC(=O)N(C)CC(=O)Nc2ccc(C)cc2)cc1OC. The van der Waals surface area contributed by atoms with Crippen LogP contribution < -0.4 is 14.8 Å². The van der Waals surface area contributed by atoms with Gasteiger partial charge in [0, 0.05) is 18.8 Å². The van der Waals surface area contributed by atoms with E-state index < -0.39 is 0 Å². The van der Waals surface area contributed by atoms with E-state index in [1.54, 1.807) is 39.5 Å². The number of nitrogens with zero attached hydrogens (tertiary/aromatic N) is 1. The number of carbonyl (C=O) groups excluding carboxylic acids is 2. The number of carbonyl (C=O) groups is 2. The molecule has 6 heteroatoms. The van der Waals surface area contributed by atoms with E-state index in [9.17, 15) is 9.59 Å². The van der Waals surface area contributed by atoms with E-state index >= 15 is 0 Å². The first-order valence-corrected chi connectivity index (χ1v) is 8.44. The Kier molecular flexibility index (Phi) is 7.00. The van der Waals surface area contributed by atoms with Crippen LogP contribution in [0.25, 0.3) is 6.08 Å². The molecule has 2 aromatic rings. The molecule has 0 fully saturated rings. The van der Waals surface area contributed by atoms with Crippen LogP contribution in [0.2, 0.25) is 0 Å². The fraction of sp³-hybridized carbons (Fsp3) is 0.238. The number of hydrogen-bond acceptors (Lipinski definition) is 4. The molecule has 0 aliphatic rings. The molecular formula is C21H24N2O4. The number of hydrogen-bond donors (Lipinski definition) is 1. The Morgan fingerprint density at radius 1 is 1.04 bits per heavy atom. The van der Waals surface area contributed by atoms with Gasteiger partial charge in [-0.2, -0.15) is 0 Å².